The number of hydrogen-bond acceptors (Lipinski definition) is 6. The van der Waals surface area contributed by atoms with Gasteiger partial charge in [0.25, 0.3) is 5.91 Å². The normalized spacial score (nSPS) is 15.2. The molecule has 172 valence electrons. The van der Waals surface area contributed by atoms with Crippen LogP contribution in [-0.2, 0) is 23.6 Å². The minimum atomic E-state index is -3.68. The second-order valence-corrected chi connectivity index (χ2v) is 11.8. The van der Waals surface area contributed by atoms with Crippen LogP contribution >= 0.6 is 22.7 Å². The van der Waals surface area contributed by atoms with Crippen molar-refractivity contribution in [3.05, 3.63) is 44.7 Å². The van der Waals surface area contributed by atoms with Crippen LogP contribution < -0.4 is 4.72 Å². The minimum absolute atomic E-state index is 0.0320. The van der Waals surface area contributed by atoms with Crippen molar-refractivity contribution in [1.29, 1.82) is 0 Å². The molecular weight excluding hydrogens is 464 g/mol. The maximum Gasteiger partial charge on any atom is 0.265 e. The average Bonchev–Trinajstić information content (AvgIpc) is 3.42. The standard InChI is InChI=1S/C22H28N4O3S3/c1-15-20(22(27)26-10-6-4-5-7-11-26)31-21(24-15)18-13-19(16(2)25(18)3)32(28,29)23-14-17-9-8-12-30-17/h8-9,12-13,23H,4-7,10-11,14H2,1-3H3. The zero-order chi connectivity index (χ0) is 22.9. The van der Waals surface area contributed by atoms with Crippen LogP contribution in [0.3, 0.4) is 0 Å². The summed E-state index contributed by atoms with van der Waals surface area (Å²) in [6.07, 6.45) is 4.40. The number of aromatic nitrogens is 2. The molecule has 4 heterocycles. The molecule has 1 aliphatic heterocycles. The Morgan fingerprint density at radius 1 is 1.19 bits per heavy atom. The fourth-order valence-electron chi connectivity index (χ4n) is 3.93. The first-order chi connectivity index (χ1) is 15.3. The third kappa shape index (κ3) is 4.68. The van der Waals surface area contributed by atoms with E-state index in [1.165, 1.54) is 22.7 Å². The quantitative estimate of drug-likeness (QED) is 0.555. The molecule has 3 aromatic rings. The summed E-state index contributed by atoms with van der Waals surface area (Å²) in [4.78, 5) is 21.5. The maximum absolute atomic E-state index is 13.1. The number of aryl methyl sites for hydroxylation is 1. The van der Waals surface area contributed by atoms with E-state index in [4.69, 9.17) is 0 Å². The molecule has 0 aliphatic carbocycles. The molecule has 0 aromatic carbocycles. The summed E-state index contributed by atoms with van der Waals surface area (Å²) < 4.78 is 30.5. The van der Waals surface area contributed by atoms with Gasteiger partial charge in [-0.05, 0) is 44.2 Å². The molecule has 0 spiro atoms. The van der Waals surface area contributed by atoms with Gasteiger partial charge in [0, 0.05) is 37.3 Å². The molecule has 3 aromatic heterocycles. The lowest BCUT2D eigenvalue weighted by Crippen LogP contribution is -2.31. The van der Waals surface area contributed by atoms with E-state index in [1.807, 2.05) is 41.0 Å². The van der Waals surface area contributed by atoms with Gasteiger partial charge in [0.2, 0.25) is 10.0 Å². The first kappa shape index (κ1) is 23.2. The van der Waals surface area contributed by atoms with E-state index >= 15 is 0 Å². The third-order valence-corrected chi connectivity index (χ3v) is 9.46. The fraction of sp³-hybridized carbons (Fsp3) is 0.455. The summed E-state index contributed by atoms with van der Waals surface area (Å²) in [6.45, 7) is 5.46. The van der Waals surface area contributed by atoms with E-state index in [-0.39, 0.29) is 17.3 Å². The molecule has 4 rings (SSSR count). The van der Waals surface area contributed by atoms with Crippen molar-refractivity contribution in [1.82, 2.24) is 19.2 Å². The number of nitrogens with one attached hydrogen (secondary N) is 1. The van der Waals surface area contributed by atoms with Gasteiger partial charge in [-0.15, -0.1) is 22.7 Å². The number of thiazole rings is 1. The Morgan fingerprint density at radius 3 is 2.56 bits per heavy atom. The summed E-state index contributed by atoms with van der Waals surface area (Å²) in [5, 5.41) is 2.58. The number of thiophene rings is 1. The van der Waals surface area contributed by atoms with Crippen LogP contribution in [0.5, 0.6) is 0 Å². The Balaban J connectivity index is 1.61. The molecule has 1 aliphatic rings. The Labute approximate surface area is 197 Å². The molecule has 0 unspecified atom stereocenters. The molecule has 0 atom stereocenters. The lowest BCUT2D eigenvalue weighted by atomic mass is 10.2. The van der Waals surface area contributed by atoms with E-state index in [2.05, 4.69) is 9.71 Å². The minimum Gasteiger partial charge on any atom is -0.345 e. The number of rotatable bonds is 6. The smallest absolute Gasteiger partial charge is 0.265 e. The van der Waals surface area contributed by atoms with Gasteiger partial charge >= 0.3 is 0 Å². The van der Waals surface area contributed by atoms with Gasteiger partial charge in [-0.3, -0.25) is 4.79 Å². The predicted octanol–water partition coefficient (Wildman–Crippen LogP) is 4.32. The molecule has 1 N–H and O–H groups in total. The van der Waals surface area contributed by atoms with Crippen molar-refractivity contribution in [3.63, 3.8) is 0 Å². The number of carbonyl (C=O) groups excluding carboxylic acids is 1. The van der Waals surface area contributed by atoms with Crippen LogP contribution in [0, 0.1) is 13.8 Å². The highest BCUT2D eigenvalue weighted by Crippen LogP contribution is 2.33. The van der Waals surface area contributed by atoms with E-state index in [0.717, 1.165) is 43.6 Å². The van der Waals surface area contributed by atoms with Crippen LogP contribution in [0.15, 0.2) is 28.5 Å². The van der Waals surface area contributed by atoms with Gasteiger partial charge in [-0.1, -0.05) is 18.9 Å². The van der Waals surface area contributed by atoms with Crippen LogP contribution in [0.1, 0.15) is 51.6 Å². The summed E-state index contributed by atoms with van der Waals surface area (Å²) in [7, 11) is -1.85. The van der Waals surface area contributed by atoms with Gasteiger partial charge < -0.3 is 9.47 Å². The topological polar surface area (TPSA) is 84.3 Å². The third-order valence-electron chi connectivity index (χ3n) is 5.90. The average molecular weight is 493 g/mol. The number of likely N-dealkylation sites (tertiary alicyclic amines) is 1. The number of carbonyl (C=O) groups is 1. The largest absolute Gasteiger partial charge is 0.345 e. The van der Waals surface area contributed by atoms with Crippen LogP contribution in [0.2, 0.25) is 0 Å². The second kappa shape index (κ2) is 9.46. The van der Waals surface area contributed by atoms with E-state index in [1.54, 1.807) is 13.0 Å². The molecule has 7 nitrogen and oxygen atoms in total. The van der Waals surface area contributed by atoms with Crippen molar-refractivity contribution in [3.8, 4) is 10.7 Å². The van der Waals surface area contributed by atoms with Gasteiger partial charge in [0.15, 0.2) is 0 Å². The van der Waals surface area contributed by atoms with Gasteiger partial charge in [0.05, 0.1) is 11.4 Å². The van der Waals surface area contributed by atoms with Gasteiger partial charge in [0.1, 0.15) is 14.8 Å². The van der Waals surface area contributed by atoms with Crippen molar-refractivity contribution in [2.45, 2.75) is 51.0 Å². The second-order valence-electron chi connectivity index (χ2n) is 8.08. The molecular formula is C22H28N4O3S3. The highest BCUT2D eigenvalue weighted by atomic mass is 32.2. The number of sulfonamides is 1. The number of nitrogens with zero attached hydrogens (tertiary/aromatic N) is 3. The molecule has 10 heteroatoms. The Morgan fingerprint density at radius 2 is 1.91 bits per heavy atom. The molecule has 1 saturated heterocycles. The maximum atomic E-state index is 13.1. The highest BCUT2D eigenvalue weighted by molar-refractivity contribution is 7.89. The Kier molecular flexibility index (Phi) is 6.85. The van der Waals surface area contributed by atoms with Crippen molar-refractivity contribution >= 4 is 38.6 Å². The molecule has 32 heavy (non-hydrogen) atoms. The zero-order valence-electron chi connectivity index (χ0n) is 18.6. The summed E-state index contributed by atoms with van der Waals surface area (Å²) >= 11 is 2.85. The zero-order valence-corrected chi connectivity index (χ0v) is 21.0. The summed E-state index contributed by atoms with van der Waals surface area (Å²) in [5.74, 6) is 0.0320. The van der Waals surface area contributed by atoms with Crippen molar-refractivity contribution in [2.24, 2.45) is 7.05 Å². The van der Waals surface area contributed by atoms with Gasteiger partial charge in [-0.25, -0.2) is 18.1 Å². The first-order valence-electron chi connectivity index (χ1n) is 10.7. The molecule has 0 saturated carbocycles. The number of amides is 1. The number of hydrogen-bond donors (Lipinski definition) is 1. The lowest BCUT2D eigenvalue weighted by molar-refractivity contribution is 0.0765. The SMILES string of the molecule is Cc1nc(-c2cc(S(=O)(=O)NCc3cccs3)c(C)n2C)sc1C(=O)N1CCCCCC1. The molecule has 0 bridgehead atoms. The van der Waals surface area contributed by atoms with Crippen molar-refractivity contribution < 1.29 is 13.2 Å². The fourth-order valence-corrected chi connectivity index (χ4v) is 7.04. The molecule has 1 amide bonds. The summed E-state index contributed by atoms with van der Waals surface area (Å²) in [5.41, 5.74) is 2.02. The van der Waals surface area contributed by atoms with E-state index in [9.17, 15) is 13.2 Å². The predicted molar refractivity (Wildman–Crippen MR) is 129 cm³/mol. The van der Waals surface area contributed by atoms with Crippen LogP contribution in [0.4, 0.5) is 0 Å². The van der Waals surface area contributed by atoms with Gasteiger partial charge in [-0.2, -0.15) is 0 Å². The highest BCUT2D eigenvalue weighted by Gasteiger charge is 2.26. The van der Waals surface area contributed by atoms with E-state index in [0.29, 0.717) is 27.0 Å². The van der Waals surface area contributed by atoms with E-state index < -0.39 is 10.0 Å². The van der Waals surface area contributed by atoms with Crippen LogP contribution in [0.25, 0.3) is 10.7 Å². The monoisotopic (exact) mass is 492 g/mol. The molecule has 0 radical (unpaired) electrons. The Hall–Kier alpha value is -2.01. The summed E-state index contributed by atoms with van der Waals surface area (Å²) in [6, 6.07) is 5.46. The lowest BCUT2D eigenvalue weighted by Gasteiger charge is -2.19. The molecule has 1 fully saturated rings. The Bertz CT molecular complexity index is 1200. The first-order valence-corrected chi connectivity index (χ1v) is 13.9. The van der Waals surface area contributed by atoms with Crippen LogP contribution in [-0.4, -0.2) is 41.9 Å². The van der Waals surface area contributed by atoms with Crippen molar-refractivity contribution in [2.75, 3.05) is 13.1 Å².